The van der Waals surface area contributed by atoms with Crippen molar-refractivity contribution in [1.29, 1.82) is 0 Å². The zero-order valence-corrected chi connectivity index (χ0v) is 9.66. The quantitative estimate of drug-likeness (QED) is 0.833. The number of nitrogens with one attached hydrogen (secondary N) is 1. The van der Waals surface area contributed by atoms with Crippen molar-refractivity contribution < 1.29 is 14.3 Å². The minimum Gasteiger partial charge on any atom is -0.494 e. The van der Waals surface area contributed by atoms with E-state index >= 15 is 0 Å². The maximum atomic E-state index is 11.0. The van der Waals surface area contributed by atoms with E-state index in [4.69, 9.17) is 9.47 Å². The molecule has 0 unspecified atom stereocenters. The number of carbonyl (C=O) groups is 1. The summed E-state index contributed by atoms with van der Waals surface area (Å²) in [6, 6.07) is 7.59. The van der Waals surface area contributed by atoms with E-state index in [0.717, 1.165) is 11.3 Å². The molecule has 1 aromatic rings. The van der Waals surface area contributed by atoms with Crippen molar-refractivity contribution in [2.75, 3.05) is 13.2 Å². The van der Waals surface area contributed by atoms with E-state index in [1.54, 1.807) is 6.92 Å². The predicted molar refractivity (Wildman–Crippen MR) is 61.5 cm³/mol. The zero-order chi connectivity index (χ0) is 11.8. The fourth-order valence-corrected chi connectivity index (χ4v) is 1.23. The first-order chi connectivity index (χ1) is 7.76. The van der Waals surface area contributed by atoms with Gasteiger partial charge in [0.15, 0.2) is 0 Å². The number of carbonyl (C=O) groups excluding carboxylic acids is 1. The first kappa shape index (κ1) is 12.4. The van der Waals surface area contributed by atoms with Crippen molar-refractivity contribution in [1.82, 2.24) is 5.32 Å². The molecule has 16 heavy (non-hydrogen) atoms. The lowest BCUT2D eigenvalue weighted by Crippen LogP contribution is -2.23. The molecule has 1 rings (SSSR count). The Morgan fingerprint density at radius 3 is 2.44 bits per heavy atom. The van der Waals surface area contributed by atoms with Crippen LogP contribution in [0.25, 0.3) is 0 Å². The minimum absolute atomic E-state index is 0.384. The van der Waals surface area contributed by atoms with Gasteiger partial charge in [0.1, 0.15) is 5.75 Å². The summed E-state index contributed by atoms with van der Waals surface area (Å²) >= 11 is 0. The highest BCUT2D eigenvalue weighted by molar-refractivity contribution is 5.67. The Balaban J connectivity index is 2.40. The van der Waals surface area contributed by atoms with Gasteiger partial charge in [-0.2, -0.15) is 0 Å². The van der Waals surface area contributed by atoms with Gasteiger partial charge in [0, 0.05) is 6.54 Å². The lowest BCUT2D eigenvalue weighted by molar-refractivity contribution is 0.151. The maximum absolute atomic E-state index is 11.0. The van der Waals surface area contributed by atoms with Crippen molar-refractivity contribution in [3.05, 3.63) is 29.8 Å². The Morgan fingerprint density at radius 1 is 1.19 bits per heavy atom. The lowest BCUT2D eigenvalue weighted by Gasteiger charge is -2.06. The molecule has 0 radical (unpaired) electrons. The molecule has 1 aromatic carbocycles. The summed E-state index contributed by atoms with van der Waals surface area (Å²) in [4.78, 5) is 11.0. The fourth-order valence-electron chi connectivity index (χ4n) is 1.23. The van der Waals surface area contributed by atoms with Crippen molar-refractivity contribution in [3.8, 4) is 5.75 Å². The molecule has 0 saturated heterocycles. The summed E-state index contributed by atoms with van der Waals surface area (Å²) in [5.74, 6) is 0.836. The van der Waals surface area contributed by atoms with Crippen LogP contribution in [0.3, 0.4) is 0 Å². The van der Waals surface area contributed by atoms with Crippen molar-refractivity contribution in [2.24, 2.45) is 0 Å². The van der Waals surface area contributed by atoms with E-state index in [1.165, 1.54) is 0 Å². The summed E-state index contributed by atoms with van der Waals surface area (Å²) in [6.07, 6.45) is -0.392. The van der Waals surface area contributed by atoms with Gasteiger partial charge in [-0.3, -0.25) is 0 Å². The van der Waals surface area contributed by atoms with Gasteiger partial charge in [-0.15, -0.1) is 0 Å². The van der Waals surface area contributed by atoms with E-state index in [-0.39, 0.29) is 0 Å². The SMILES string of the molecule is CCOC(=O)NCc1ccc(OCC)cc1. The molecule has 88 valence electrons. The molecular weight excluding hydrogens is 206 g/mol. The molecule has 0 fully saturated rings. The monoisotopic (exact) mass is 223 g/mol. The number of alkyl carbamates (subject to hydrolysis) is 1. The molecule has 0 aliphatic rings. The average Bonchev–Trinajstić information content (AvgIpc) is 2.29. The molecule has 4 nitrogen and oxygen atoms in total. The van der Waals surface area contributed by atoms with Gasteiger partial charge in [0.05, 0.1) is 13.2 Å². The first-order valence-corrected chi connectivity index (χ1v) is 5.38. The number of hydrogen-bond donors (Lipinski definition) is 1. The van der Waals surface area contributed by atoms with Gasteiger partial charge in [0.25, 0.3) is 0 Å². The van der Waals surface area contributed by atoms with Crippen LogP contribution in [0.4, 0.5) is 4.79 Å². The molecule has 0 bridgehead atoms. The molecule has 1 amide bonds. The standard InChI is InChI=1S/C12H17NO3/c1-3-15-11-7-5-10(6-8-11)9-13-12(14)16-4-2/h5-8H,3-4,9H2,1-2H3,(H,13,14). The van der Waals surface area contributed by atoms with Crippen LogP contribution in [-0.4, -0.2) is 19.3 Å². The molecule has 0 aliphatic carbocycles. The summed E-state index contributed by atoms with van der Waals surface area (Å²) < 4.78 is 10.1. The Hall–Kier alpha value is -1.71. The molecule has 1 N–H and O–H groups in total. The molecule has 0 aromatic heterocycles. The highest BCUT2D eigenvalue weighted by atomic mass is 16.5. The first-order valence-electron chi connectivity index (χ1n) is 5.38. The molecule has 0 spiro atoms. The zero-order valence-electron chi connectivity index (χ0n) is 9.66. The van der Waals surface area contributed by atoms with Gasteiger partial charge < -0.3 is 14.8 Å². The number of ether oxygens (including phenoxy) is 2. The Kier molecular flexibility index (Phi) is 5.19. The topological polar surface area (TPSA) is 47.6 Å². The summed E-state index contributed by atoms with van der Waals surface area (Å²) in [6.45, 7) is 5.22. The van der Waals surface area contributed by atoms with Crippen LogP contribution >= 0.6 is 0 Å². The second kappa shape index (κ2) is 6.71. The van der Waals surface area contributed by atoms with Crippen LogP contribution < -0.4 is 10.1 Å². The number of rotatable bonds is 5. The van der Waals surface area contributed by atoms with E-state index in [9.17, 15) is 4.79 Å². The average molecular weight is 223 g/mol. The van der Waals surface area contributed by atoms with E-state index in [2.05, 4.69) is 5.32 Å². The second-order valence-electron chi connectivity index (χ2n) is 3.15. The molecular formula is C12H17NO3. The molecule has 0 saturated carbocycles. The van der Waals surface area contributed by atoms with Crippen molar-refractivity contribution >= 4 is 6.09 Å². The third kappa shape index (κ3) is 4.21. The van der Waals surface area contributed by atoms with E-state index < -0.39 is 6.09 Å². The molecule has 4 heteroatoms. The molecule has 0 aliphatic heterocycles. The number of benzene rings is 1. The summed E-state index contributed by atoms with van der Waals surface area (Å²) in [7, 11) is 0. The van der Waals surface area contributed by atoms with Crippen LogP contribution in [0.5, 0.6) is 5.75 Å². The highest BCUT2D eigenvalue weighted by Crippen LogP contribution is 2.11. The van der Waals surface area contributed by atoms with Gasteiger partial charge in [0.2, 0.25) is 0 Å². The van der Waals surface area contributed by atoms with Crippen molar-refractivity contribution in [2.45, 2.75) is 20.4 Å². The Morgan fingerprint density at radius 2 is 1.88 bits per heavy atom. The maximum Gasteiger partial charge on any atom is 0.407 e. The number of hydrogen-bond acceptors (Lipinski definition) is 3. The fraction of sp³-hybridized carbons (Fsp3) is 0.417. The predicted octanol–water partition coefficient (Wildman–Crippen LogP) is 2.33. The molecule has 0 atom stereocenters. The van der Waals surface area contributed by atoms with Gasteiger partial charge >= 0.3 is 6.09 Å². The minimum atomic E-state index is -0.392. The van der Waals surface area contributed by atoms with Crippen molar-refractivity contribution in [3.63, 3.8) is 0 Å². The largest absolute Gasteiger partial charge is 0.494 e. The normalized spacial score (nSPS) is 9.62. The Labute approximate surface area is 95.6 Å². The lowest BCUT2D eigenvalue weighted by atomic mass is 10.2. The van der Waals surface area contributed by atoms with E-state index in [1.807, 2.05) is 31.2 Å². The van der Waals surface area contributed by atoms with Gasteiger partial charge in [-0.05, 0) is 31.5 Å². The van der Waals surface area contributed by atoms with Crippen LogP contribution in [0.15, 0.2) is 24.3 Å². The molecule has 0 heterocycles. The van der Waals surface area contributed by atoms with Crippen LogP contribution in [0.1, 0.15) is 19.4 Å². The highest BCUT2D eigenvalue weighted by Gasteiger charge is 2.00. The van der Waals surface area contributed by atoms with Crippen LogP contribution in [0, 0.1) is 0 Å². The number of amides is 1. The van der Waals surface area contributed by atoms with E-state index in [0.29, 0.717) is 19.8 Å². The third-order valence-corrected chi connectivity index (χ3v) is 1.95. The van der Waals surface area contributed by atoms with Crippen LogP contribution in [-0.2, 0) is 11.3 Å². The Bertz CT molecular complexity index is 322. The van der Waals surface area contributed by atoms with Gasteiger partial charge in [-0.1, -0.05) is 12.1 Å². The summed E-state index contributed by atoms with van der Waals surface area (Å²) in [5.41, 5.74) is 1.01. The third-order valence-electron chi connectivity index (χ3n) is 1.95. The summed E-state index contributed by atoms with van der Waals surface area (Å²) in [5, 5.41) is 2.65. The van der Waals surface area contributed by atoms with Gasteiger partial charge in [-0.25, -0.2) is 4.79 Å². The second-order valence-corrected chi connectivity index (χ2v) is 3.15. The smallest absolute Gasteiger partial charge is 0.407 e. The van der Waals surface area contributed by atoms with Crippen LogP contribution in [0.2, 0.25) is 0 Å².